The fourth-order valence-corrected chi connectivity index (χ4v) is 2.25. The number of likely N-dealkylation sites (tertiary alicyclic amines) is 1. The van der Waals surface area contributed by atoms with E-state index in [2.05, 4.69) is 17.0 Å². The maximum atomic E-state index is 9.44. The lowest BCUT2D eigenvalue weighted by Gasteiger charge is -2.29. The van der Waals surface area contributed by atoms with Crippen molar-refractivity contribution >= 4 is 17.2 Å². The van der Waals surface area contributed by atoms with Gasteiger partial charge in [0.05, 0.1) is 6.10 Å². The summed E-state index contributed by atoms with van der Waals surface area (Å²) >= 11 is 4.92. The van der Waals surface area contributed by atoms with Crippen LogP contribution in [0, 0.1) is 0 Å². The fraction of sp³-hybridized carbons (Fsp3) is 0.462. The quantitative estimate of drug-likeness (QED) is 0.793. The molecule has 1 saturated heterocycles. The first-order valence-corrected chi connectivity index (χ1v) is 6.35. The lowest BCUT2D eigenvalue weighted by molar-refractivity contribution is 0.0792. The molecule has 0 amide bonds. The minimum Gasteiger partial charge on any atom is -0.393 e. The minimum absolute atomic E-state index is 0.108. The van der Waals surface area contributed by atoms with E-state index in [1.807, 2.05) is 12.1 Å². The Labute approximate surface area is 107 Å². The predicted octanol–water partition coefficient (Wildman–Crippen LogP) is 1.28. The molecule has 92 valence electrons. The van der Waals surface area contributed by atoms with Gasteiger partial charge in [-0.1, -0.05) is 36.5 Å². The minimum atomic E-state index is -0.108. The topological polar surface area (TPSA) is 49.5 Å². The number of hydrogen-bond acceptors (Lipinski definition) is 3. The molecule has 1 aliphatic rings. The number of aliphatic hydroxyl groups excluding tert-OH is 1. The van der Waals surface area contributed by atoms with Crippen LogP contribution in [-0.2, 0) is 6.54 Å². The fourth-order valence-electron chi connectivity index (χ4n) is 2.11. The van der Waals surface area contributed by atoms with Crippen molar-refractivity contribution in [3.8, 4) is 0 Å². The zero-order valence-corrected chi connectivity index (χ0v) is 10.6. The van der Waals surface area contributed by atoms with Crippen LogP contribution in [0.15, 0.2) is 24.3 Å². The number of piperidine rings is 1. The Morgan fingerprint density at radius 3 is 2.41 bits per heavy atom. The van der Waals surface area contributed by atoms with Crippen LogP contribution < -0.4 is 5.73 Å². The highest BCUT2D eigenvalue weighted by molar-refractivity contribution is 7.80. The van der Waals surface area contributed by atoms with Gasteiger partial charge in [0.2, 0.25) is 0 Å². The molecular formula is C13H18N2OS. The molecule has 0 aliphatic carbocycles. The molecule has 1 aromatic carbocycles. The number of nitrogens with two attached hydrogens (primary N) is 1. The molecule has 2 rings (SSSR count). The van der Waals surface area contributed by atoms with E-state index in [9.17, 15) is 5.11 Å². The SMILES string of the molecule is NC(=S)c1ccc(CN2CCC(O)CC2)cc1. The second-order valence-corrected chi connectivity index (χ2v) is 5.01. The Kier molecular flexibility index (Phi) is 4.10. The highest BCUT2D eigenvalue weighted by atomic mass is 32.1. The lowest BCUT2D eigenvalue weighted by atomic mass is 10.1. The molecule has 1 aliphatic heterocycles. The van der Waals surface area contributed by atoms with Crippen LogP contribution in [0.2, 0.25) is 0 Å². The van der Waals surface area contributed by atoms with E-state index < -0.39 is 0 Å². The van der Waals surface area contributed by atoms with Crippen molar-refractivity contribution in [1.82, 2.24) is 4.90 Å². The zero-order chi connectivity index (χ0) is 12.3. The third-order valence-corrected chi connectivity index (χ3v) is 3.44. The number of nitrogens with zero attached hydrogens (tertiary/aromatic N) is 1. The molecule has 17 heavy (non-hydrogen) atoms. The Morgan fingerprint density at radius 2 is 1.88 bits per heavy atom. The van der Waals surface area contributed by atoms with Crippen molar-refractivity contribution in [2.24, 2.45) is 5.73 Å². The monoisotopic (exact) mass is 250 g/mol. The van der Waals surface area contributed by atoms with Gasteiger partial charge in [-0.05, 0) is 18.4 Å². The summed E-state index contributed by atoms with van der Waals surface area (Å²) in [5.41, 5.74) is 7.74. The average molecular weight is 250 g/mol. The highest BCUT2D eigenvalue weighted by Crippen LogP contribution is 2.14. The molecule has 1 fully saturated rings. The molecule has 1 heterocycles. The summed E-state index contributed by atoms with van der Waals surface area (Å²) in [6, 6.07) is 8.08. The summed E-state index contributed by atoms with van der Waals surface area (Å²) < 4.78 is 0. The van der Waals surface area contributed by atoms with Gasteiger partial charge in [-0.15, -0.1) is 0 Å². The van der Waals surface area contributed by atoms with Crippen molar-refractivity contribution in [1.29, 1.82) is 0 Å². The largest absolute Gasteiger partial charge is 0.393 e. The lowest BCUT2D eigenvalue weighted by Crippen LogP contribution is -2.35. The molecule has 3 N–H and O–H groups in total. The van der Waals surface area contributed by atoms with Crippen molar-refractivity contribution in [2.75, 3.05) is 13.1 Å². The Bertz CT molecular complexity index is 383. The highest BCUT2D eigenvalue weighted by Gasteiger charge is 2.16. The van der Waals surface area contributed by atoms with Crippen LogP contribution >= 0.6 is 12.2 Å². The Hall–Kier alpha value is -0.970. The normalized spacial score (nSPS) is 18.2. The number of benzene rings is 1. The van der Waals surface area contributed by atoms with Gasteiger partial charge in [0.25, 0.3) is 0 Å². The van der Waals surface area contributed by atoms with E-state index in [-0.39, 0.29) is 6.10 Å². The molecule has 0 spiro atoms. The molecule has 4 heteroatoms. The summed E-state index contributed by atoms with van der Waals surface area (Å²) in [6.45, 7) is 2.88. The van der Waals surface area contributed by atoms with Gasteiger partial charge in [0, 0.05) is 25.2 Å². The molecule has 0 atom stereocenters. The summed E-state index contributed by atoms with van der Waals surface area (Å²) in [7, 11) is 0. The van der Waals surface area contributed by atoms with E-state index in [0.717, 1.165) is 38.0 Å². The molecule has 0 aromatic heterocycles. The van der Waals surface area contributed by atoms with Gasteiger partial charge in [-0.2, -0.15) is 0 Å². The zero-order valence-electron chi connectivity index (χ0n) is 9.80. The standard InChI is InChI=1S/C13H18N2OS/c14-13(17)11-3-1-10(2-4-11)9-15-7-5-12(16)6-8-15/h1-4,12,16H,5-9H2,(H2,14,17). The van der Waals surface area contributed by atoms with E-state index in [1.165, 1.54) is 5.56 Å². The first-order valence-electron chi connectivity index (χ1n) is 5.94. The molecule has 0 unspecified atom stereocenters. The molecule has 3 nitrogen and oxygen atoms in total. The first kappa shape index (κ1) is 12.5. The summed E-state index contributed by atoms with van der Waals surface area (Å²) in [4.78, 5) is 2.81. The number of rotatable bonds is 3. The third-order valence-electron chi connectivity index (χ3n) is 3.20. The molecule has 1 aromatic rings. The van der Waals surface area contributed by atoms with Crippen molar-refractivity contribution in [3.63, 3.8) is 0 Å². The predicted molar refractivity (Wildman–Crippen MR) is 72.8 cm³/mol. The van der Waals surface area contributed by atoms with Crippen molar-refractivity contribution in [2.45, 2.75) is 25.5 Å². The molecule has 0 saturated carbocycles. The van der Waals surface area contributed by atoms with Gasteiger partial charge >= 0.3 is 0 Å². The number of thiocarbonyl (C=S) groups is 1. The smallest absolute Gasteiger partial charge is 0.103 e. The second kappa shape index (κ2) is 5.58. The van der Waals surface area contributed by atoms with Gasteiger partial charge in [0.15, 0.2) is 0 Å². The van der Waals surface area contributed by atoms with Crippen molar-refractivity contribution in [3.05, 3.63) is 35.4 Å². The van der Waals surface area contributed by atoms with E-state index >= 15 is 0 Å². The van der Waals surface area contributed by atoms with E-state index in [0.29, 0.717) is 4.99 Å². The third kappa shape index (κ3) is 3.49. The van der Waals surface area contributed by atoms with E-state index in [1.54, 1.807) is 0 Å². The van der Waals surface area contributed by atoms with E-state index in [4.69, 9.17) is 18.0 Å². The second-order valence-electron chi connectivity index (χ2n) is 4.57. The Balaban J connectivity index is 1.92. The van der Waals surface area contributed by atoms with Crippen LogP contribution in [0.3, 0.4) is 0 Å². The number of hydrogen-bond donors (Lipinski definition) is 2. The maximum Gasteiger partial charge on any atom is 0.103 e. The summed E-state index contributed by atoms with van der Waals surface area (Å²) in [6.07, 6.45) is 1.65. The molecule has 0 bridgehead atoms. The Morgan fingerprint density at radius 1 is 1.29 bits per heavy atom. The van der Waals surface area contributed by atoms with Gasteiger partial charge in [0.1, 0.15) is 4.99 Å². The number of aliphatic hydroxyl groups is 1. The average Bonchev–Trinajstić information content (AvgIpc) is 2.33. The van der Waals surface area contributed by atoms with Crippen molar-refractivity contribution < 1.29 is 5.11 Å². The van der Waals surface area contributed by atoms with Crippen LogP contribution in [-0.4, -0.2) is 34.2 Å². The molecular weight excluding hydrogens is 232 g/mol. The summed E-state index contributed by atoms with van der Waals surface area (Å²) in [5.74, 6) is 0. The first-order chi connectivity index (χ1) is 8.15. The van der Waals surface area contributed by atoms with Gasteiger partial charge in [-0.3, -0.25) is 4.90 Å². The van der Waals surface area contributed by atoms with Gasteiger partial charge < -0.3 is 10.8 Å². The molecule has 0 radical (unpaired) electrons. The summed E-state index contributed by atoms with van der Waals surface area (Å²) in [5, 5.41) is 9.44. The van der Waals surface area contributed by atoms with Crippen LogP contribution in [0.4, 0.5) is 0 Å². The van der Waals surface area contributed by atoms with Crippen LogP contribution in [0.1, 0.15) is 24.0 Å². The van der Waals surface area contributed by atoms with Gasteiger partial charge in [-0.25, -0.2) is 0 Å². The maximum absolute atomic E-state index is 9.44. The van der Waals surface area contributed by atoms with Crippen LogP contribution in [0.5, 0.6) is 0 Å². The van der Waals surface area contributed by atoms with Crippen LogP contribution in [0.25, 0.3) is 0 Å².